The lowest BCUT2D eigenvalue weighted by Crippen LogP contribution is -2.24. The molecular weight excluding hydrogens is 174 g/mol. The Morgan fingerprint density at radius 2 is 2.21 bits per heavy atom. The second-order valence-electron chi connectivity index (χ2n) is 4.17. The summed E-state index contributed by atoms with van der Waals surface area (Å²) in [6.45, 7) is 7.65. The molecule has 0 saturated heterocycles. The highest BCUT2D eigenvalue weighted by Gasteiger charge is 2.14. The van der Waals surface area contributed by atoms with Crippen LogP contribution in [0.25, 0.3) is 0 Å². The van der Waals surface area contributed by atoms with Crippen molar-refractivity contribution >= 4 is 0 Å². The summed E-state index contributed by atoms with van der Waals surface area (Å²) in [6, 6.07) is 0.437. The molecule has 0 radical (unpaired) electrons. The molecule has 0 bridgehead atoms. The molecule has 0 aromatic carbocycles. The molecule has 0 spiro atoms. The fraction of sp³-hybridized carbons (Fsp3) is 0.727. The van der Waals surface area contributed by atoms with E-state index in [0.717, 1.165) is 13.0 Å². The molecule has 3 heteroatoms. The van der Waals surface area contributed by atoms with Gasteiger partial charge in [0.25, 0.3) is 0 Å². The molecule has 14 heavy (non-hydrogen) atoms. The first-order valence-corrected chi connectivity index (χ1v) is 5.34. The van der Waals surface area contributed by atoms with Gasteiger partial charge in [-0.3, -0.25) is 0 Å². The summed E-state index contributed by atoms with van der Waals surface area (Å²) < 4.78 is 2.09. The maximum Gasteiger partial charge on any atom is 0.0946 e. The van der Waals surface area contributed by atoms with Crippen molar-refractivity contribution < 1.29 is 0 Å². The van der Waals surface area contributed by atoms with Gasteiger partial charge in [-0.25, -0.2) is 4.98 Å². The van der Waals surface area contributed by atoms with Crippen LogP contribution in [0.5, 0.6) is 0 Å². The Balaban J connectivity index is 2.72. The van der Waals surface area contributed by atoms with Gasteiger partial charge in [0.2, 0.25) is 0 Å². The lowest BCUT2D eigenvalue weighted by Gasteiger charge is -2.20. The van der Waals surface area contributed by atoms with Crippen LogP contribution >= 0.6 is 0 Å². The lowest BCUT2D eigenvalue weighted by atomic mass is 10.0. The maximum absolute atomic E-state index is 4.16. The lowest BCUT2D eigenvalue weighted by molar-refractivity contribution is 0.423. The summed E-state index contributed by atoms with van der Waals surface area (Å²) in [4.78, 5) is 4.16. The SMILES string of the molecule is CCNC(CC(C)C)c1cncn1C. The first-order valence-electron chi connectivity index (χ1n) is 5.34. The highest BCUT2D eigenvalue weighted by Crippen LogP contribution is 2.19. The minimum absolute atomic E-state index is 0.437. The predicted molar refractivity (Wildman–Crippen MR) is 59.1 cm³/mol. The van der Waals surface area contributed by atoms with Gasteiger partial charge in [-0.2, -0.15) is 0 Å². The van der Waals surface area contributed by atoms with Gasteiger partial charge in [0.05, 0.1) is 12.0 Å². The van der Waals surface area contributed by atoms with E-state index in [1.807, 2.05) is 19.6 Å². The molecule has 1 unspecified atom stereocenters. The van der Waals surface area contributed by atoms with Gasteiger partial charge in [-0.1, -0.05) is 20.8 Å². The molecule has 1 atom stereocenters. The van der Waals surface area contributed by atoms with Crippen LogP contribution in [0.4, 0.5) is 0 Å². The molecule has 80 valence electrons. The van der Waals surface area contributed by atoms with Crippen LogP contribution < -0.4 is 5.32 Å². The largest absolute Gasteiger partial charge is 0.336 e. The fourth-order valence-electron chi connectivity index (χ4n) is 1.73. The predicted octanol–water partition coefficient (Wildman–Crippen LogP) is 2.12. The number of hydrogen-bond donors (Lipinski definition) is 1. The maximum atomic E-state index is 4.16. The summed E-state index contributed by atoms with van der Waals surface area (Å²) in [6.07, 6.45) is 4.98. The highest BCUT2D eigenvalue weighted by molar-refractivity contribution is 5.04. The minimum Gasteiger partial charge on any atom is -0.336 e. The zero-order chi connectivity index (χ0) is 10.6. The van der Waals surface area contributed by atoms with Crippen LogP contribution in [0.2, 0.25) is 0 Å². The molecule has 0 saturated carbocycles. The minimum atomic E-state index is 0.437. The van der Waals surface area contributed by atoms with E-state index in [2.05, 4.69) is 35.6 Å². The molecule has 0 aliphatic carbocycles. The van der Waals surface area contributed by atoms with Crippen molar-refractivity contribution in [2.24, 2.45) is 13.0 Å². The normalized spacial score (nSPS) is 13.5. The average Bonchev–Trinajstić information content (AvgIpc) is 2.50. The van der Waals surface area contributed by atoms with Crippen molar-refractivity contribution in [3.63, 3.8) is 0 Å². The monoisotopic (exact) mass is 195 g/mol. The van der Waals surface area contributed by atoms with Gasteiger partial charge in [0.1, 0.15) is 0 Å². The third-order valence-corrected chi connectivity index (χ3v) is 2.37. The van der Waals surface area contributed by atoms with Crippen LogP contribution in [0.15, 0.2) is 12.5 Å². The van der Waals surface area contributed by atoms with Gasteiger partial charge in [-0.15, -0.1) is 0 Å². The Labute approximate surface area is 86.5 Å². The Morgan fingerprint density at radius 3 is 2.64 bits per heavy atom. The molecular formula is C11H21N3. The van der Waals surface area contributed by atoms with Crippen molar-refractivity contribution in [2.45, 2.75) is 33.2 Å². The number of aryl methyl sites for hydroxylation is 1. The molecule has 0 amide bonds. The summed E-state index contributed by atoms with van der Waals surface area (Å²) >= 11 is 0. The first-order chi connectivity index (χ1) is 6.65. The van der Waals surface area contributed by atoms with E-state index in [-0.39, 0.29) is 0 Å². The van der Waals surface area contributed by atoms with Crippen LogP contribution in [-0.2, 0) is 7.05 Å². The van der Waals surface area contributed by atoms with E-state index in [9.17, 15) is 0 Å². The molecule has 1 aromatic rings. The molecule has 0 aliphatic heterocycles. The van der Waals surface area contributed by atoms with E-state index in [4.69, 9.17) is 0 Å². The highest BCUT2D eigenvalue weighted by atomic mass is 15.1. The third kappa shape index (κ3) is 2.84. The van der Waals surface area contributed by atoms with E-state index in [1.165, 1.54) is 5.69 Å². The second kappa shape index (κ2) is 5.15. The summed E-state index contributed by atoms with van der Waals surface area (Å²) in [7, 11) is 2.05. The summed E-state index contributed by atoms with van der Waals surface area (Å²) in [5.41, 5.74) is 1.28. The van der Waals surface area contributed by atoms with Gasteiger partial charge in [0, 0.05) is 19.3 Å². The van der Waals surface area contributed by atoms with E-state index in [0.29, 0.717) is 12.0 Å². The number of nitrogens with one attached hydrogen (secondary N) is 1. The van der Waals surface area contributed by atoms with Crippen LogP contribution in [0.1, 0.15) is 38.9 Å². The van der Waals surface area contributed by atoms with Crippen LogP contribution in [0, 0.1) is 5.92 Å². The van der Waals surface area contributed by atoms with Crippen molar-refractivity contribution in [2.75, 3.05) is 6.54 Å². The first kappa shape index (κ1) is 11.2. The molecule has 1 N–H and O–H groups in total. The summed E-state index contributed by atoms with van der Waals surface area (Å²) in [5, 5.41) is 3.50. The molecule has 0 fully saturated rings. The number of aromatic nitrogens is 2. The van der Waals surface area contributed by atoms with Crippen molar-refractivity contribution in [3.05, 3.63) is 18.2 Å². The van der Waals surface area contributed by atoms with Gasteiger partial charge >= 0.3 is 0 Å². The van der Waals surface area contributed by atoms with E-state index < -0.39 is 0 Å². The second-order valence-corrected chi connectivity index (χ2v) is 4.17. The zero-order valence-electron chi connectivity index (χ0n) is 9.62. The fourth-order valence-corrected chi connectivity index (χ4v) is 1.73. The summed E-state index contributed by atoms with van der Waals surface area (Å²) in [5.74, 6) is 0.703. The Bertz CT molecular complexity index is 265. The quantitative estimate of drug-likeness (QED) is 0.780. The van der Waals surface area contributed by atoms with Crippen LogP contribution in [-0.4, -0.2) is 16.1 Å². The third-order valence-electron chi connectivity index (χ3n) is 2.37. The smallest absolute Gasteiger partial charge is 0.0946 e. The average molecular weight is 195 g/mol. The van der Waals surface area contributed by atoms with E-state index >= 15 is 0 Å². The number of imidazole rings is 1. The van der Waals surface area contributed by atoms with Crippen molar-refractivity contribution in [3.8, 4) is 0 Å². The molecule has 1 aromatic heterocycles. The van der Waals surface area contributed by atoms with E-state index in [1.54, 1.807) is 0 Å². The van der Waals surface area contributed by atoms with Gasteiger partial charge in [-0.05, 0) is 18.9 Å². The molecule has 3 nitrogen and oxygen atoms in total. The number of nitrogens with zero attached hydrogens (tertiary/aromatic N) is 2. The van der Waals surface area contributed by atoms with Gasteiger partial charge < -0.3 is 9.88 Å². The Kier molecular flexibility index (Phi) is 4.14. The van der Waals surface area contributed by atoms with Crippen molar-refractivity contribution in [1.29, 1.82) is 0 Å². The molecule has 1 rings (SSSR count). The standard InChI is InChI=1S/C11H21N3/c1-5-13-10(6-9(2)3)11-7-12-8-14(11)4/h7-10,13H,5-6H2,1-4H3. The number of hydrogen-bond acceptors (Lipinski definition) is 2. The molecule has 0 aliphatic rings. The molecule has 1 heterocycles. The number of rotatable bonds is 5. The van der Waals surface area contributed by atoms with Crippen LogP contribution in [0.3, 0.4) is 0 Å². The Hall–Kier alpha value is -0.830. The van der Waals surface area contributed by atoms with Gasteiger partial charge in [0.15, 0.2) is 0 Å². The zero-order valence-corrected chi connectivity index (χ0v) is 9.62. The van der Waals surface area contributed by atoms with Crippen molar-refractivity contribution in [1.82, 2.24) is 14.9 Å². The topological polar surface area (TPSA) is 29.9 Å². The Morgan fingerprint density at radius 1 is 1.50 bits per heavy atom.